The molecule has 2 rings (SSSR count). The smallest absolute Gasteiger partial charge is 0.119 e. The Balaban J connectivity index is 1.72. The molecule has 0 aliphatic heterocycles. The van der Waals surface area contributed by atoms with Gasteiger partial charge >= 0.3 is 0 Å². The molecule has 0 radical (unpaired) electrons. The highest BCUT2D eigenvalue weighted by atomic mass is 79.9. The molecule has 0 bridgehead atoms. The SMILES string of the molecule is CC(C)CNCCCCOc1ccc2cc(Br)ccc2c1. The van der Waals surface area contributed by atoms with Crippen LogP contribution in [0.1, 0.15) is 26.7 Å². The first kappa shape index (κ1) is 16.3. The minimum absolute atomic E-state index is 0.721. The van der Waals surface area contributed by atoms with Crippen molar-refractivity contribution < 1.29 is 4.74 Å². The lowest BCUT2D eigenvalue weighted by Crippen LogP contribution is -2.21. The monoisotopic (exact) mass is 349 g/mol. The molecular weight excluding hydrogens is 326 g/mol. The summed E-state index contributed by atoms with van der Waals surface area (Å²) in [5, 5.41) is 5.90. The molecule has 0 spiro atoms. The fourth-order valence-electron chi connectivity index (χ4n) is 2.22. The van der Waals surface area contributed by atoms with Crippen LogP contribution in [-0.2, 0) is 0 Å². The molecule has 0 unspecified atom stereocenters. The Kier molecular flexibility index (Phi) is 6.52. The van der Waals surface area contributed by atoms with Gasteiger partial charge in [0.2, 0.25) is 0 Å². The summed E-state index contributed by atoms with van der Waals surface area (Å²) in [4.78, 5) is 0. The first-order chi connectivity index (χ1) is 10.1. The molecule has 0 aliphatic carbocycles. The van der Waals surface area contributed by atoms with Crippen LogP contribution in [0.4, 0.5) is 0 Å². The molecule has 0 aromatic heterocycles. The minimum atomic E-state index is 0.721. The highest BCUT2D eigenvalue weighted by molar-refractivity contribution is 9.10. The van der Waals surface area contributed by atoms with Gasteiger partial charge in [0, 0.05) is 4.47 Å². The lowest BCUT2D eigenvalue weighted by atomic mass is 10.1. The van der Waals surface area contributed by atoms with Crippen LogP contribution in [0.5, 0.6) is 5.75 Å². The highest BCUT2D eigenvalue weighted by Gasteiger charge is 1.99. The standard InChI is InChI=1S/C18H24BrNO/c1-14(2)13-20-9-3-4-10-21-18-8-6-15-11-17(19)7-5-16(15)12-18/h5-8,11-12,14,20H,3-4,9-10,13H2,1-2H3. The van der Waals surface area contributed by atoms with E-state index in [-0.39, 0.29) is 0 Å². The molecule has 1 N–H and O–H groups in total. The second kappa shape index (κ2) is 8.40. The summed E-state index contributed by atoms with van der Waals surface area (Å²) in [7, 11) is 0. The van der Waals surface area contributed by atoms with Crippen LogP contribution in [0, 0.1) is 5.92 Å². The molecule has 21 heavy (non-hydrogen) atoms. The second-order valence-electron chi connectivity index (χ2n) is 5.81. The van der Waals surface area contributed by atoms with Crippen molar-refractivity contribution in [3.8, 4) is 5.75 Å². The Morgan fingerprint density at radius 3 is 2.62 bits per heavy atom. The Bertz CT molecular complexity index is 568. The van der Waals surface area contributed by atoms with Gasteiger partial charge < -0.3 is 10.1 Å². The molecule has 0 fully saturated rings. The van der Waals surface area contributed by atoms with Crippen LogP contribution in [0.3, 0.4) is 0 Å². The second-order valence-corrected chi connectivity index (χ2v) is 6.72. The predicted octanol–water partition coefficient (Wildman–Crippen LogP) is 5.01. The lowest BCUT2D eigenvalue weighted by Gasteiger charge is -2.09. The summed E-state index contributed by atoms with van der Waals surface area (Å²) >= 11 is 3.49. The maximum absolute atomic E-state index is 5.83. The van der Waals surface area contributed by atoms with Crippen molar-refractivity contribution in [1.82, 2.24) is 5.32 Å². The number of hydrogen-bond donors (Lipinski definition) is 1. The van der Waals surface area contributed by atoms with Crippen molar-refractivity contribution in [2.75, 3.05) is 19.7 Å². The molecule has 2 nitrogen and oxygen atoms in total. The molecule has 0 atom stereocenters. The van der Waals surface area contributed by atoms with Crippen LogP contribution >= 0.6 is 15.9 Å². The van der Waals surface area contributed by atoms with Crippen LogP contribution in [0.15, 0.2) is 40.9 Å². The zero-order valence-corrected chi connectivity index (χ0v) is 14.4. The molecular formula is C18H24BrNO. The Hall–Kier alpha value is -1.06. The molecule has 0 aliphatic rings. The molecule has 0 heterocycles. The largest absolute Gasteiger partial charge is 0.494 e. The van der Waals surface area contributed by atoms with Crippen molar-refractivity contribution in [2.45, 2.75) is 26.7 Å². The van der Waals surface area contributed by atoms with Crippen LogP contribution in [-0.4, -0.2) is 19.7 Å². The van der Waals surface area contributed by atoms with E-state index in [2.05, 4.69) is 65.4 Å². The topological polar surface area (TPSA) is 21.3 Å². The number of halogens is 1. The van der Waals surface area contributed by atoms with Crippen molar-refractivity contribution in [3.63, 3.8) is 0 Å². The number of benzene rings is 2. The predicted molar refractivity (Wildman–Crippen MR) is 94.1 cm³/mol. The first-order valence-corrected chi connectivity index (χ1v) is 8.47. The lowest BCUT2D eigenvalue weighted by molar-refractivity contribution is 0.306. The first-order valence-electron chi connectivity index (χ1n) is 7.68. The van der Waals surface area contributed by atoms with Crippen LogP contribution in [0.2, 0.25) is 0 Å². The van der Waals surface area contributed by atoms with Gasteiger partial charge in [-0.3, -0.25) is 0 Å². The van der Waals surface area contributed by atoms with Crippen molar-refractivity contribution in [2.24, 2.45) is 5.92 Å². The quantitative estimate of drug-likeness (QED) is 0.676. The van der Waals surface area contributed by atoms with Gasteiger partial charge in [-0.1, -0.05) is 41.9 Å². The number of hydrogen-bond acceptors (Lipinski definition) is 2. The van der Waals surface area contributed by atoms with E-state index in [1.165, 1.54) is 10.8 Å². The number of rotatable bonds is 8. The van der Waals surface area contributed by atoms with Crippen LogP contribution in [0.25, 0.3) is 10.8 Å². The molecule has 0 saturated carbocycles. The summed E-state index contributed by atoms with van der Waals surface area (Å²) < 4.78 is 6.94. The van der Waals surface area contributed by atoms with E-state index in [0.29, 0.717) is 0 Å². The number of ether oxygens (including phenoxy) is 1. The molecule has 0 saturated heterocycles. The summed E-state index contributed by atoms with van der Waals surface area (Å²) in [6.45, 7) is 7.42. The maximum atomic E-state index is 5.83. The summed E-state index contributed by atoms with van der Waals surface area (Å²) in [5.74, 6) is 1.68. The molecule has 3 heteroatoms. The van der Waals surface area contributed by atoms with Gasteiger partial charge in [-0.05, 0) is 66.9 Å². The average Bonchev–Trinajstić information content (AvgIpc) is 2.46. The van der Waals surface area contributed by atoms with Gasteiger partial charge in [0.05, 0.1) is 6.61 Å². The Morgan fingerprint density at radius 1 is 1.05 bits per heavy atom. The maximum Gasteiger partial charge on any atom is 0.119 e. The third kappa shape index (κ3) is 5.68. The van der Waals surface area contributed by atoms with Gasteiger partial charge in [-0.2, -0.15) is 0 Å². The summed E-state index contributed by atoms with van der Waals surface area (Å²) in [6, 6.07) is 12.6. The van der Waals surface area contributed by atoms with Gasteiger partial charge in [0.15, 0.2) is 0 Å². The number of nitrogens with one attached hydrogen (secondary N) is 1. The van der Waals surface area contributed by atoms with E-state index >= 15 is 0 Å². The summed E-state index contributed by atoms with van der Waals surface area (Å²) in [5.41, 5.74) is 0. The zero-order chi connectivity index (χ0) is 15.1. The van der Waals surface area contributed by atoms with Gasteiger partial charge in [-0.25, -0.2) is 0 Å². The third-order valence-electron chi connectivity index (χ3n) is 3.34. The van der Waals surface area contributed by atoms with Crippen LogP contribution < -0.4 is 10.1 Å². The number of fused-ring (bicyclic) bond motifs is 1. The normalized spacial score (nSPS) is 11.2. The highest BCUT2D eigenvalue weighted by Crippen LogP contribution is 2.24. The Labute approximate surface area is 136 Å². The minimum Gasteiger partial charge on any atom is -0.494 e. The van der Waals surface area contributed by atoms with E-state index in [9.17, 15) is 0 Å². The fourth-order valence-corrected chi connectivity index (χ4v) is 2.60. The number of unbranched alkanes of at least 4 members (excludes halogenated alkanes) is 1. The van der Waals surface area contributed by atoms with Gasteiger partial charge in [-0.15, -0.1) is 0 Å². The third-order valence-corrected chi connectivity index (χ3v) is 3.84. The van der Waals surface area contributed by atoms with Gasteiger partial charge in [0.1, 0.15) is 5.75 Å². The zero-order valence-electron chi connectivity index (χ0n) is 12.9. The van der Waals surface area contributed by atoms with E-state index in [1.54, 1.807) is 0 Å². The molecule has 114 valence electrons. The van der Waals surface area contributed by atoms with Crippen molar-refractivity contribution in [3.05, 3.63) is 40.9 Å². The summed E-state index contributed by atoms with van der Waals surface area (Å²) in [6.07, 6.45) is 2.25. The molecule has 2 aromatic carbocycles. The Morgan fingerprint density at radius 2 is 1.81 bits per heavy atom. The molecule has 0 amide bonds. The fraction of sp³-hybridized carbons (Fsp3) is 0.444. The van der Waals surface area contributed by atoms with E-state index in [1.807, 2.05) is 6.07 Å². The van der Waals surface area contributed by atoms with Gasteiger partial charge in [0.25, 0.3) is 0 Å². The van der Waals surface area contributed by atoms with Crippen molar-refractivity contribution >= 4 is 26.7 Å². The van der Waals surface area contributed by atoms with E-state index in [0.717, 1.165) is 48.7 Å². The van der Waals surface area contributed by atoms with E-state index in [4.69, 9.17) is 4.74 Å². The molecule has 2 aromatic rings. The van der Waals surface area contributed by atoms with E-state index < -0.39 is 0 Å². The van der Waals surface area contributed by atoms with Crippen molar-refractivity contribution in [1.29, 1.82) is 0 Å². The average molecular weight is 350 g/mol.